The molecule has 1 heterocycles. The summed E-state index contributed by atoms with van der Waals surface area (Å²) in [6.45, 7) is -0.145. The number of thiocarbonyl (C=S) groups is 1. The Bertz CT molecular complexity index is 967. The van der Waals surface area contributed by atoms with Crippen molar-refractivity contribution in [2.45, 2.75) is 0 Å². The zero-order chi connectivity index (χ0) is 20.1. The van der Waals surface area contributed by atoms with Crippen molar-refractivity contribution in [2.24, 2.45) is 0 Å². The van der Waals surface area contributed by atoms with E-state index in [9.17, 15) is 14.4 Å². The van der Waals surface area contributed by atoms with Gasteiger partial charge in [0.1, 0.15) is 11.3 Å². The van der Waals surface area contributed by atoms with E-state index in [1.165, 1.54) is 6.08 Å². The summed E-state index contributed by atoms with van der Waals surface area (Å²) >= 11 is 6.89. The van der Waals surface area contributed by atoms with E-state index in [-0.39, 0.29) is 23.2 Å². The number of para-hydroxylation sites is 1. The number of nitrogens with one attached hydrogen (secondary N) is 3. The SMILES string of the molecule is O=C(COc1ccc(C=C2C(=O)NC(=S)NC2=O)cc1)Nc1ccccc1I. The smallest absolute Gasteiger partial charge is 0.263 e. The summed E-state index contributed by atoms with van der Waals surface area (Å²) in [5.41, 5.74) is 1.31. The van der Waals surface area contributed by atoms with Gasteiger partial charge in [-0.15, -0.1) is 0 Å². The molecular weight excluding hydrogens is 493 g/mol. The van der Waals surface area contributed by atoms with Gasteiger partial charge in [0.15, 0.2) is 11.7 Å². The van der Waals surface area contributed by atoms with Gasteiger partial charge < -0.3 is 10.1 Å². The monoisotopic (exact) mass is 507 g/mol. The number of amides is 3. The summed E-state index contributed by atoms with van der Waals surface area (Å²) in [6.07, 6.45) is 1.44. The van der Waals surface area contributed by atoms with Crippen LogP contribution in [0.3, 0.4) is 0 Å². The predicted molar refractivity (Wildman–Crippen MR) is 117 cm³/mol. The molecule has 1 aliphatic heterocycles. The van der Waals surface area contributed by atoms with Crippen molar-refractivity contribution < 1.29 is 19.1 Å². The van der Waals surface area contributed by atoms with Gasteiger partial charge in [0.2, 0.25) is 0 Å². The number of ether oxygens (including phenoxy) is 1. The molecule has 0 radical (unpaired) electrons. The van der Waals surface area contributed by atoms with Gasteiger partial charge in [-0.2, -0.15) is 0 Å². The maximum absolute atomic E-state index is 12.0. The van der Waals surface area contributed by atoms with Crippen LogP contribution < -0.4 is 20.7 Å². The lowest BCUT2D eigenvalue weighted by atomic mass is 10.1. The molecule has 2 aromatic rings. The van der Waals surface area contributed by atoms with Crippen LogP contribution in [0.1, 0.15) is 5.56 Å². The van der Waals surface area contributed by atoms with E-state index < -0.39 is 11.8 Å². The number of carbonyl (C=O) groups excluding carboxylic acids is 3. The normalized spacial score (nSPS) is 13.5. The lowest BCUT2D eigenvalue weighted by molar-refractivity contribution is -0.123. The van der Waals surface area contributed by atoms with E-state index in [1.54, 1.807) is 24.3 Å². The molecule has 0 aliphatic carbocycles. The third-order valence-electron chi connectivity index (χ3n) is 3.65. The van der Waals surface area contributed by atoms with Crippen LogP contribution >= 0.6 is 34.8 Å². The molecule has 0 aromatic heterocycles. The Morgan fingerprint density at radius 1 is 1.07 bits per heavy atom. The van der Waals surface area contributed by atoms with Gasteiger partial charge in [-0.3, -0.25) is 25.0 Å². The van der Waals surface area contributed by atoms with Gasteiger partial charge in [0.05, 0.1) is 5.69 Å². The average Bonchev–Trinajstić information content (AvgIpc) is 2.66. The molecule has 1 saturated heterocycles. The van der Waals surface area contributed by atoms with Crippen molar-refractivity contribution in [1.29, 1.82) is 0 Å². The van der Waals surface area contributed by atoms with Gasteiger partial charge in [0, 0.05) is 3.57 Å². The standard InChI is InChI=1S/C19H14IN3O4S/c20-14-3-1-2-4-15(14)21-16(24)10-27-12-7-5-11(6-8-12)9-13-17(25)22-19(28)23-18(13)26/h1-9H,10H2,(H,21,24)(H2,22,23,25,26,28). The van der Waals surface area contributed by atoms with E-state index in [2.05, 4.69) is 38.5 Å². The Morgan fingerprint density at radius 2 is 1.71 bits per heavy atom. The summed E-state index contributed by atoms with van der Waals surface area (Å²) in [4.78, 5) is 35.7. The summed E-state index contributed by atoms with van der Waals surface area (Å²) < 4.78 is 6.40. The topological polar surface area (TPSA) is 96.5 Å². The van der Waals surface area contributed by atoms with Crippen LogP contribution in [0.5, 0.6) is 5.75 Å². The molecule has 1 fully saturated rings. The molecule has 142 valence electrons. The number of benzene rings is 2. The quantitative estimate of drug-likeness (QED) is 0.250. The minimum Gasteiger partial charge on any atom is -0.484 e. The van der Waals surface area contributed by atoms with Gasteiger partial charge in [-0.25, -0.2) is 0 Å². The molecule has 1 aliphatic rings. The summed E-state index contributed by atoms with van der Waals surface area (Å²) in [5, 5.41) is 7.51. The summed E-state index contributed by atoms with van der Waals surface area (Å²) in [6, 6.07) is 14.1. The molecule has 3 amide bonds. The Balaban J connectivity index is 1.59. The summed E-state index contributed by atoms with van der Waals surface area (Å²) in [7, 11) is 0. The molecule has 0 unspecified atom stereocenters. The summed E-state index contributed by atoms with van der Waals surface area (Å²) in [5.74, 6) is -0.900. The number of anilines is 1. The van der Waals surface area contributed by atoms with Crippen molar-refractivity contribution in [2.75, 3.05) is 11.9 Å². The lowest BCUT2D eigenvalue weighted by Crippen LogP contribution is -2.51. The molecular formula is C19H14IN3O4S. The molecule has 0 spiro atoms. The van der Waals surface area contributed by atoms with Crippen LogP contribution in [-0.2, 0) is 14.4 Å². The fourth-order valence-electron chi connectivity index (χ4n) is 2.33. The lowest BCUT2D eigenvalue weighted by Gasteiger charge is -2.16. The fraction of sp³-hybridized carbons (Fsp3) is 0.0526. The number of hydrogen-bond acceptors (Lipinski definition) is 5. The van der Waals surface area contributed by atoms with Gasteiger partial charge in [-0.05, 0) is 70.7 Å². The zero-order valence-corrected chi connectivity index (χ0v) is 17.3. The molecule has 3 N–H and O–H groups in total. The van der Waals surface area contributed by atoms with E-state index in [0.717, 1.165) is 9.26 Å². The van der Waals surface area contributed by atoms with Crippen LogP contribution in [-0.4, -0.2) is 29.4 Å². The van der Waals surface area contributed by atoms with E-state index in [1.807, 2.05) is 24.3 Å². The average molecular weight is 507 g/mol. The third-order valence-corrected chi connectivity index (χ3v) is 4.80. The first-order chi connectivity index (χ1) is 13.4. The van der Waals surface area contributed by atoms with Crippen LogP contribution in [0.25, 0.3) is 6.08 Å². The molecule has 3 rings (SSSR count). The number of rotatable bonds is 5. The first-order valence-electron chi connectivity index (χ1n) is 8.08. The van der Waals surface area contributed by atoms with Gasteiger partial charge in [-0.1, -0.05) is 24.3 Å². The second kappa shape index (κ2) is 8.93. The van der Waals surface area contributed by atoms with E-state index in [4.69, 9.17) is 17.0 Å². The molecule has 0 saturated carbocycles. The first-order valence-corrected chi connectivity index (χ1v) is 9.56. The molecule has 0 atom stereocenters. The third kappa shape index (κ3) is 5.14. The van der Waals surface area contributed by atoms with Crippen LogP contribution in [0.2, 0.25) is 0 Å². The highest BCUT2D eigenvalue weighted by molar-refractivity contribution is 14.1. The first kappa shape index (κ1) is 20.0. The second-order valence-electron chi connectivity index (χ2n) is 5.68. The Kier molecular flexibility index (Phi) is 6.37. The van der Waals surface area contributed by atoms with Crippen LogP contribution in [0, 0.1) is 3.57 Å². The molecule has 9 heteroatoms. The van der Waals surface area contributed by atoms with Crippen molar-refractivity contribution in [3.63, 3.8) is 0 Å². The maximum atomic E-state index is 12.0. The van der Waals surface area contributed by atoms with Crippen molar-refractivity contribution >= 4 is 69.4 Å². The van der Waals surface area contributed by atoms with Crippen molar-refractivity contribution in [1.82, 2.24) is 10.6 Å². The Labute approximate surface area is 179 Å². The van der Waals surface area contributed by atoms with Crippen LogP contribution in [0.4, 0.5) is 5.69 Å². The minimum atomic E-state index is -0.554. The Hall–Kier alpha value is -2.79. The van der Waals surface area contributed by atoms with Crippen molar-refractivity contribution in [3.05, 3.63) is 63.2 Å². The van der Waals surface area contributed by atoms with E-state index >= 15 is 0 Å². The number of hydrogen-bond donors (Lipinski definition) is 3. The van der Waals surface area contributed by atoms with E-state index in [0.29, 0.717) is 11.3 Å². The second-order valence-corrected chi connectivity index (χ2v) is 7.25. The molecule has 7 nitrogen and oxygen atoms in total. The maximum Gasteiger partial charge on any atom is 0.263 e. The molecule has 28 heavy (non-hydrogen) atoms. The molecule has 2 aromatic carbocycles. The van der Waals surface area contributed by atoms with Crippen molar-refractivity contribution in [3.8, 4) is 5.75 Å². The number of halogens is 1. The molecule has 0 bridgehead atoms. The Morgan fingerprint density at radius 3 is 2.36 bits per heavy atom. The van der Waals surface area contributed by atoms with Gasteiger partial charge >= 0.3 is 0 Å². The largest absolute Gasteiger partial charge is 0.484 e. The van der Waals surface area contributed by atoms with Crippen LogP contribution in [0.15, 0.2) is 54.1 Å². The fourth-order valence-corrected chi connectivity index (χ4v) is 3.04. The zero-order valence-electron chi connectivity index (χ0n) is 14.3. The highest BCUT2D eigenvalue weighted by Crippen LogP contribution is 2.18. The highest BCUT2D eigenvalue weighted by atomic mass is 127. The number of carbonyl (C=O) groups is 3. The van der Waals surface area contributed by atoms with Gasteiger partial charge in [0.25, 0.3) is 17.7 Å². The highest BCUT2D eigenvalue weighted by Gasteiger charge is 2.25. The predicted octanol–water partition coefficient (Wildman–Crippen LogP) is 2.22. The minimum absolute atomic E-state index is 0.0145.